The van der Waals surface area contributed by atoms with Gasteiger partial charge in [-0.2, -0.15) is 0 Å². The summed E-state index contributed by atoms with van der Waals surface area (Å²) in [5, 5.41) is 17.8. The highest BCUT2D eigenvalue weighted by Crippen LogP contribution is 2.20. The number of rotatable bonds is 8. The Hall–Kier alpha value is -0.0800. The first-order chi connectivity index (χ1) is 6.20. The SMILES string of the molecule is CCCCC(CCCC)CC(O)O. The molecule has 0 atom stereocenters. The van der Waals surface area contributed by atoms with Crippen molar-refractivity contribution in [3.05, 3.63) is 0 Å². The number of aliphatic hydroxyl groups is 2. The molecule has 0 heterocycles. The molecule has 0 bridgehead atoms. The van der Waals surface area contributed by atoms with Crippen LogP contribution in [0.25, 0.3) is 0 Å². The fourth-order valence-electron chi connectivity index (χ4n) is 1.66. The molecule has 0 aromatic heterocycles. The third-order valence-electron chi connectivity index (χ3n) is 2.48. The first-order valence-electron chi connectivity index (χ1n) is 5.56. The van der Waals surface area contributed by atoms with Gasteiger partial charge in [-0.05, 0) is 5.92 Å². The van der Waals surface area contributed by atoms with E-state index in [4.69, 9.17) is 10.2 Å². The van der Waals surface area contributed by atoms with Crippen LogP contribution in [-0.2, 0) is 0 Å². The van der Waals surface area contributed by atoms with Crippen LogP contribution in [-0.4, -0.2) is 16.5 Å². The normalized spacial score (nSPS) is 11.5. The predicted octanol–water partition coefficient (Wildman–Crippen LogP) is 2.68. The van der Waals surface area contributed by atoms with Crippen molar-refractivity contribution in [3.63, 3.8) is 0 Å². The lowest BCUT2D eigenvalue weighted by Crippen LogP contribution is -2.12. The maximum absolute atomic E-state index is 8.88. The van der Waals surface area contributed by atoms with Crippen LogP contribution >= 0.6 is 0 Å². The fourth-order valence-corrected chi connectivity index (χ4v) is 1.66. The molecule has 0 rings (SSSR count). The monoisotopic (exact) mass is 188 g/mol. The van der Waals surface area contributed by atoms with Crippen molar-refractivity contribution in [2.45, 2.75) is 65.1 Å². The summed E-state index contributed by atoms with van der Waals surface area (Å²) in [4.78, 5) is 0. The molecule has 2 heteroatoms. The zero-order valence-electron chi connectivity index (χ0n) is 9.00. The van der Waals surface area contributed by atoms with Gasteiger partial charge in [-0.25, -0.2) is 0 Å². The average molecular weight is 188 g/mol. The molecule has 2 nitrogen and oxygen atoms in total. The van der Waals surface area contributed by atoms with Crippen molar-refractivity contribution in [1.29, 1.82) is 0 Å². The lowest BCUT2D eigenvalue weighted by molar-refractivity contribution is -0.0576. The van der Waals surface area contributed by atoms with Gasteiger partial charge in [-0.3, -0.25) is 0 Å². The zero-order chi connectivity index (χ0) is 10.1. The molecule has 80 valence electrons. The van der Waals surface area contributed by atoms with Crippen LogP contribution in [0.1, 0.15) is 58.8 Å². The van der Waals surface area contributed by atoms with Gasteiger partial charge in [0.15, 0.2) is 6.29 Å². The van der Waals surface area contributed by atoms with E-state index in [0.29, 0.717) is 12.3 Å². The molecule has 2 N–H and O–H groups in total. The maximum Gasteiger partial charge on any atom is 0.151 e. The molecule has 0 saturated carbocycles. The van der Waals surface area contributed by atoms with Crippen molar-refractivity contribution < 1.29 is 10.2 Å². The van der Waals surface area contributed by atoms with Gasteiger partial charge in [0.1, 0.15) is 0 Å². The average Bonchev–Trinajstić information content (AvgIpc) is 2.09. The van der Waals surface area contributed by atoms with Crippen molar-refractivity contribution in [3.8, 4) is 0 Å². The Bertz CT molecular complexity index is 94.3. The van der Waals surface area contributed by atoms with Gasteiger partial charge in [0.25, 0.3) is 0 Å². The highest BCUT2D eigenvalue weighted by Gasteiger charge is 2.11. The minimum absolute atomic E-state index is 0.514. The second kappa shape index (κ2) is 8.52. The molecule has 0 fully saturated rings. The van der Waals surface area contributed by atoms with E-state index in [1.165, 1.54) is 25.7 Å². The van der Waals surface area contributed by atoms with E-state index in [9.17, 15) is 0 Å². The van der Waals surface area contributed by atoms with Gasteiger partial charge < -0.3 is 10.2 Å². The molecule has 0 aromatic rings. The molecule has 13 heavy (non-hydrogen) atoms. The maximum atomic E-state index is 8.88. The summed E-state index contributed by atoms with van der Waals surface area (Å²) < 4.78 is 0. The molecule has 0 unspecified atom stereocenters. The quantitative estimate of drug-likeness (QED) is 0.575. The molecule has 0 aliphatic carbocycles. The minimum atomic E-state index is -1.11. The summed E-state index contributed by atoms with van der Waals surface area (Å²) in [6.07, 6.45) is 6.55. The van der Waals surface area contributed by atoms with Crippen molar-refractivity contribution in [2.24, 2.45) is 5.92 Å². The second-order valence-corrected chi connectivity index (χ2v) is 3.87. The Labute approximate surface area is 82.0 Å². The molecule has 0 spiro atoms. The lowest BCUT2D eigenvalue weighted by atomic mass is 9.93. The van der Waals surface area contributed by atoms with E-state index < -0.39 is 6.29 Å². The molecule has 0 aliphatic rings. The Morgan fingerprint density at radius 2 is 1.38 bits per heavy atom. The lowest BCUT2D eigenvalue weighted by Gasteiger charge is -2.16. The van der Waals surface area contributed by atoms with Crippen molar-refractivity contribution in [2.75, 3.05) is 0 Å². The molecule has 0 aliphatic heterocycles. The van der Waals surface area contributed by atoms with E-state index in [2.05, 4.69) is 13.8 Å². The van der Waals surface area contributed by atoms with E-state index in [1.807, 2.05) is 0 Å². The minimum Gasteiger partial charge on any atom is -0.368 e. The molecule has 0 saturated heterocycles. The smallest absolute Gasteiger partial charge is 0.151 e. The molecular weight excluding hydrogens is 164 g/mol. The highest BCUT2D eigenvalue weighted by atomic mass is 16.5. The molecule has 0 amide bonds. The van der Waals surface area contributed by atoms with Gasteiger partial charge in [0, 0.05) is 6.42 Å². The largest absolute Gasteiger partial charge is 0.368 e. The third-order valence-corrected chi connectivity index (χ3v) is 2.48. The number of aliphatic hydroxyl groups excluding tert-OH is 1. The molecule has 0 radical (unpaired) electrons. The Kier molecular flexibility index (Phi) is 8.46. The predicted molar refractivity (Wildman–Crippen MR) is 55.4 cm³/mol. The topological polar surface area (TPSA) is 40.5 Å². The van der Waals surface area contributed by atoms with E-state index in [0.717, 1.165) is 12.8 Å². The van der Waals surface area contributed by atoms with Crippen molar-refractivity contribution >= 4 is 0 Å². The number of unbranched alkanes of at least 4 members (excludes halogenated alkanes) is 2. The first kappa shape index (κ1) is 12.9. The number of hydrogen-bond donors (Lipinski definition) is 2. The summed E-state index contributed by atoms with van der Waals surface area (Å²) in [7, 11) is 0. The molecule has 0 aromatic carbocycles. The van der Waals surface area contributed by atoms with Crippen LogP contribution in [0, 0.1) is 5.92 Å². The van der Waals surface area contributed by atoms with Crippen molar-refractivity contribution in [1.82, 2.24) is 0 Å². The highest BCUT2D eigenvalue weighted by molar-refractivity contribution is 4.60. The second-order valence-electron chi connectivity index (χ2n) is 3.87. The van der Waals surface area contributed by atoms with E-state index in [1.54, 1.807) is 0 Å². The van der Waals surface area contributed by atoms with Gasteiger partial charge in [0.05, 0.1) is 0 Å². The van der Waals surface area contributed by atoms with E-state index >= 15 is 0 Å². The Morgan fingerprint density at radius 1 is 0.923 bits per heavy atom. The standard InChI is InChI=1S/C11H24O2/c1-3-5-7-10(8-6-4-2)9-11(12)13/h10-13H,3-9H2,1-2H3. The van der Waals surface area contributed by atoms with Gasteiger partial charge in [-0.1, -0.05) is 52.4 Å². The fraction of sp³-hybridized carbons (Fsp3) is 1.00. The third kappa shape index (κ3) is 8.26. The zero-order valence-corrected chi connectivity index (χ0v) is 9.00. The summed E-state index contributed by atoms with van der Waals surface area (Å²) in [5.41, 5.74) is 0. The van der Waals surface area contributed by atoms with Gasteiger partial charge >= 0.3 is 0 Å². The van der Waals surface area contributed by atoms with Gasteiger partial charge in [0.2, 0.25) is 0 Å². The van der Waals surface area contributed by atoms with Crippen LogP contribution in [0.3, 0.4) is 0 Å². The Morgan fingerprint density at radius 3 is 1.69 bits per heavy atom. The van der Waals surface area contributed by atoms with Crippen LogP contribution in [0.15, 0.2) is 0 Å². The van der Waals surface area contributed by atoms with E-state index in [-0.39, 0.29) is 0 Å². The van der Waals surface area contributed by atoms with Crippen LogP contribution in [0.2, 0.25) is 0 Å². The summed E-state index contributed by atoms with van der Waals surface area (Å²) in [6, 6.07) is 0. The number of hydrogen-bond acceptors (Lipinski definition) is 2. The van der Waals surface area contributed by atoms with Gasteiger partial charge in [-0.15, -0.1) is 0 Å². The Balaban J connectivity index is 3.60. The first-order valence-corrected chi connectivity index (χ1v) is 5.56. The van der Waals surface area contributed by atoms with Crippen LogP contribution in [0.4, 0.5) is 0 Å². The summed E-state index contributed by atoms with van der Waals surface area (Å²) in [5.74, 6) is 0.514. The van der Waals surface area contributed by atoms with Crippen LogP contribution < -0.4 is 0 Å². The van der Waals surface area contributed by atoms with Crippen LogP contribution in [0.5, 0.6) is 0 Å². The molecular formula is C11H24O2. The summed E-state index contributed by atoms with van der Waals surface area (Å²) in [6.45, 7) is 4.35. The summed E-state index contributed by atoms with van der Waals surface area (Å²) >= 11 is 0.